The van der Waals surface area contributed by atoms with Crippen molar-refractivity contribution in [3.8, 4) is 0 Å². The molecule has 3 N–H and O–H groups in total. The number of aromatic nitrogens is 1. The van der Waals surface area contributed by atoms with Crippen LogP contribution in [0.5, 0.6) is 0 Å². The van der Waals surface area contributed by atoms with Gasteiger partial charge in [0.1, 0.15) is 0 Å². The number of hydrogen-bond acceptors (Lipinski definition) is 6. The molecule has 8 heteroatoms. The van der Waals surface area contributed by atoms with Crippen LogP contribution in [0.4, 0.5) is 5.13 Å². The first-order valence-electron chi connectivity index (χ1n) is 13.5. The van der Waals surface area contributed by atoms with Crippen LogP contribution < -0.4 is 5.32 Å². The number of nitrogens with zero attached hydrogens (tertiary/aromatic N) is 2. The van der Waals surface area contributed by atoms with Crippen molar-refractivity contribution < 1.29 is 19.8 Å². The number of likely N-dealkylation sites (tertiary alicyclic amines) is 1. The molecule has 194 valence electrons. The van der Waals surface area contributed by atoms with E-state index in [1.165, 1.54) is 11.3 Å². The monoisotopic (exact) mass is 503 g/mol. The molecule has 1 aromatic rings. The van der Waals surface area contributed by atoms with Gasteiger partial charge < -0.3 is 20.4 Å². The molecule has 2 heterocycles. The van der Waals surface area contributed by atoms with Gasteiger partial charge in [0.05, 0.1) is 18.4 Å². The van der Waals surface area contributed by atoms with Crippen molar-refractivity contribution in [3.63, 3.8) is 0 Å². The first-order valence-corrected chi connectivity index (χ1v) is 14.3. The Morgan fingerprint density at radius 2 is 1.89 bits per heavy atom. The van der Waals surface area contributed by atoms with Crippen LogP contribution in [0.15, 0.2) is 0 Å². The van der Waals surface area contributed by atoms with E-state index >= 15 is 0 Å². The van der Waals surface area contributed by atoms with Crippen molar-refractivity contribution in [2.75, 3.05) is 25.0 Å². The van der Waals surface area contributed by atoms with Gasteiger partial charge in [0.2, 0.25) is 11.8 Å². The van der Waals surface area contributed by atoms with Gasteiger partial charge in [0.25, 0.3) is 0 Å². The maximum atomic E-state index is 13.5. The second-order valence-corrected chi connectivity index (χ2v) is 13.3. The number of aliphatic hydroxyl groups excluding tert-OH is 2. The summed E-state index contributed by atoms with van der Waals surface area (Å²) in [6.07, 6.45) is 7.02. The Kier molecular flexibility index (Phi) is 6.77. The van der Waals surface area contributed by atoms with E-state index in [1.54, 1.807) is 0 Å². The molecule has 1 saturated heterocycles. The summed E-state index contributed by atoms with van der Waals surface area (Å²) in [5.74, 6) is 0.921. The molecular formula is C27H41N3O4S. The van der Waals surface area contributed by atoms with Crippen molar-refractivity contribution in [2.45, 2.75) is 90.6 Å². The molecule has 7 nitrogen and oxygen atoms in total. The van der Waals surface area contributed by atoms with Crippen LogP contribution >= 0.6 is 11.3 Å². The van der Waals surface area contributed by atoms with Crippen LogP contribution in [0, 0.1) is 28.6 Å². The van der Waals surface area contributed by atoms with Gasteiger partial charge in [-0.25, -0.2) is 4.98 Å². The summed E-state index contributed by atoms with van der Waals surface area (Å²) in [6.45, 7) is 8.02. The number of fused-ring (bicyclic) bond motifs is 2. The predicted molar refractivity (Wildman–Crippen MR) is 136 cm³/mol. The quantitative estimate of drug-likeness (QED) is 0.565. The molecule has 0 radical (unpaired) electrons. The summed E-state index contributed by atoms with van der Waals surface area (Å²) in [5, 5.41) is 25.1. The molecule has 4 aliphatic rings. The lowest BCUT2D eigenvalue weighted by atomic mass is 9.47. The Morgan fingerprint density at radius 3 is 2.51 bits per heavy atom. The Hall–Kier alpha value is -1.51. The van der Waals surface area contributed by atoms with E-state index in [4.69, 9.17) is 4.98 Å². The third-order valence-electron chi connectivity index (χ3n) is 10.1. The average molecular weight is 504 g/mol. The highest BCUT2D eigenvalue weighted by Gasteiger charge is 2.59. The molecule has 35 heavy (non-hydrogen) atoms. The standard InChI is InChI=1S/C27H41N3O4S/c1-16-8-11-30(12-9-16)22(33)13-18-23-19(35-25(28-23)29-24(34)17-5-4-6-17)14-20-26(18,2)10-7-21(32)27(20,3)15-31/h16-18,20-21,31-32H,4-15H2,1-3H3,(H,28,29,34). The molecule has 0 bridgehead atoms. The van der Waals surface area contributed by atoms with E-state index in [-0.39, 0.29) is 41.6 Å². The Balaban J connectivity index is 1.47. The van der Waals surface area contributed by atoms with Gasteiger partial charge in [-0.15, -0.1) is 11.3 Å². The first kappa shape index (κ1) is 25.2. The van der Waals surface area contributed by atoms with Crippen molar-refractivity contribution >= 4 is 28.3 Å². The number of rotatable bonds is 5. The number of thiazole rings is 1. The minimum atomic E-state index is -0.633. The van der Waals surface area contributed by atoms with E-state index in [0.29, 0.717) is 30.3 Å². The van der Waals surface area contributed by atoms with Crippen LogP contribution in [0.1, 0.15) is 88.6 Å². The van der Waals surface area contributed by atoms with E-state index in [2.05, 4.69) is 19.2 Å². The second kappa shape index (κ2) is 9.42. The van der Waals surface area contributed by atoms with Crippen molar-refractivity contribution in [3.05, 3.63) is 10.6 Å². The summed E-state index contributed by atoms with van der Waals surface area (Å²) in [4.78, 5) is 34.2. The highest BCUT2D eigenvalue weighted by atomic mass is 32.1. The number of piperidine rings is 1. The molecule has 1 aromatic heterocycles. The topological polar surface area (TPSA) is 103 Å². The van der Waals surface area contributed by atoms with Crippen LogP contribution in [0.3, 0.4) is 0 Å². The summed E-state index contributed by atoms with van der Waals surface area (Å²) in [7, 11) is 0. The first-order chi connectivity index (χ1) is 16.7. The minimum Gasteiger partial charge on any atom is -0.396 e. The number of anilines is 1. The summed E-state index contributed by atoms with van der Waals surface area (Å²) < 4.78 is 0. The van der Waals surface area contributed by atoms with Gasteiger partial charge in [-0.2, -0.15) is 0 Å². The number of aliphatic hydroxyl groups is 2. The molecule has 2 amide bonds. The van der Waals surface area contributed by atoms with Crippen LogP contribution in [0.2, 0.25) is 0 Å². The van der Waals surface area contributed by atoms with Crippen LogP contribution in [-0.4, -0.2) is 57.7 Å². The smallest absolute Gasteiger partial charge is 0.229 e. The fourth-order valence-electron chi connectivity index (χ4n) is 7.14. The summed E-state index contributed by atoms with van der Waals surface area (Å²) >= 11 is 1.52. The fourth-order valence-corrected chi connectivity index (χ4v) is 8.21. The molecule has 2 saturated carbocycles. The highest BCUT2D eigenvalue weighted by Crippen LogP contribution is 2.63. The lowest BCUT2D eigenvalue weighted by Gasteiger charge is -2.58. The average Bonchev–Trinajstić information content (AvgIpc) is 3.19. The third kappa shape index (κ3) is 4.33. The molecule has 0 aromatic carbocycles. The van der Waals surface area contributed by atoms with Crippen molar-refractivity contribution in [1.29, 1.82) is 0 Å². The zero-order valence-corrected chi connectivity index (χ0v) is 22.2. The second-order valence-electron chi connectivity index (χ2n) is 12.2. The SMILES string of the molecule is CC1CCN(C(=O)CC2c3nc(NC(=O)C4CCC4)sc3CC3C(C)(CO)C(O)CCC23C)CC1. The number of carbonyl (C=O) groups is 2. The van der Waals surface area contributed by atoms with Crippen LogP contribution in [-0.2, 0) is 16.0 Å². The maximum Gasteiger partial charge on any atom is 0.229 e. The lowest BCUT2D eigenvalue weighted by molar-refractivity contribution is -0.147. The van der Waals surface area contributed by atoms with Gasteiger partial charge in [0.15, 0.2) is 5.13 Å². The molecular weight excluding hydrogens is 462 g/mol. The zero-order chi connectivity index (χ0) is 25.0. The normalized spacial score (nSPS) is 35.7. The zero-order valence-electron chi connectivity index (χ0n) is 21.4. The van der Waals surface area contributed by atoms with Gasteiger partial charge in [-0.1, -0.05) is 27.2 Å². The van der Waals surface area contributed by atoms with E-state index in [1.807, 2.05) is 11.8 Å². The summed E-state index contributed by atoms with van der Waals surface area (Å²) in [6, 6.07) is 0. The fraction of sp³-hybridized carbons (Fsp3) is 0.815. The highest BCUT2D eigenvalue weighted by molar-refractivity contribution is 7.15. The van der Waals surface area contributed by atoms with Crippen molar-refractivity contribution in [1.82, 2.24) is 9.88 Å². The summed E-state index contributed by atoms with van der Waals surface area (Å²) in [5.41, 5.74) is 0.0607. The molecule has 5 rings (SSSR count). The van der Waals surface area contributed by atoms with Crippen LogP contribution in [0.25, 0.3) is 0 Å². The number of amides is 2. The largest absolute Gasteiger partial charge is 0.396 e. The Labute approximate surface area is 212 Å². The van der Waals surface area contributed by atoms with Gasteiger partial charge in [-0.05, 0) is 62.2 Å². The number of hydrogen-bond donors (Lipinski definition) is 3. The van der Waals surface area contributed by atoms with Crippen molar-refractivity contribution in [2.24, 2.45) is 28.6 Å². The minimum absolute atomic E-state index is 0.0334. The molecule has 1 aliphatic heterocycles. The molecule has 5 unspecified atom stereocenters. The third-order valence-corrected chi connectivity index (χ3v) is 11.1. The Morgan fingerprint density at radius 1 is 1.17 bits per heavy atom. The number of carbonyl (C=O) groups excluding carboxylic acids is 2. The molecule has 3 fully saturated rings. The van der Waals surface area contributed by atoms with E-state index < -0.39 is 11.5 Å². The van der Waals surface area contributed by atoms with E-state index in [9.17, 15) is 19.8 Å². The predicted octanol–water partition coefficient (Wildman–Crippen LogP) is 3.95. The van der Waals surface area contributed by atoms with Gasteiger partial charge in [-0.3, -0.25) is 9.59 Å². The number of nitrogens with one attached hydrogen (secondary N) is 1. The molecule has 5 atom stereocenters. The molecule has 3 aliphatic carbocycles. The molecule has 0 spiro atoms. The lowest BCUT2D eigenvalue weighted by Crippen LogP contribution is -2.57. The van der Waals surface area contributed by atoms with Gasteiger partial charge in [0, 0.05) is 41.6 Å². The van der Waals surface area contributed by atoms with E-state index in [0.717, 1.165) is 62.2 Å². The Bertz CT molecular complexity index is 970. The maximum absolute atomic E-state index is 13.5. The van der Waals surface area contributed by atoms with Gasteiger partial charge >= 0.3 is 0 Å².